The molecule has 27 heavy (non-hydrogen) atoms. The highest BCUT2D eigenvalue weighted by atomic mass is 32.1. The largest absolute Gasteiger partial charge is 0.377 e. The summed E-state index contributed by atoms with van der Waals surface area (Å²) in [6.07, 6.45) is 2.02. The number of aromatic nitrogens is 1. The smallest absolute Gasteiger partial charge is 0.293 e. The van der Waals surface area contributed by atoms with Crippen LogP contribution in [0.25, 0.3) is 10.2 Å². The summed E-state index contributed by atoms with van der Waals surface area (Å²) >= 11 is 1.40. The van der Waals surface area contributed by atoms with Crippen molar-refractivity contribution in [3.8, 4) is 0 Å². The van der Waals surface area contributed by atoms with Crippen LogP contribution in [0.1, 0.15) is 34.3 Å². The van der Waals surface area contributed by atoms with Gasteiger partial charge in [-0.15, -0.1) is 0 Å². The second-order valence-corrected chi connectivity index (χ2v) is 7.76. The van der Waals surface area contributed by atoms with Crippen LogP contribution in [0.5, 0.6) is 0 Å². The molecule has 7 nitrogen and oxygen atoms in total. The standard InChI is InChI=1S/C19H18N4O3S/c1-10-3-4-11(2)17-16(10)21-19(27-17)22-18(24)12-5-8-14(20-13-6-7-13)15(9-12)23(25)26/h3-5,8-9,13,20H,6-7H2,1-2H3,(H,21,22,24). The molecule has 1 aliphatic carbocycles. The number of anilines is 2. The van der Waals surface area contributed by atoms with Crippen molar-refractivity contribution in [1.29, 1.82) is 0 Å². The summed E-state index contributed by atoms with van der Waals surface area (Å²) in [5.74, 6) is -0.412. The predicted octanol–water partition coefficient (Wildman–Crippen LogP) is 4.65. The molecular formula is C19H18N4O3S. The molecule has 2 aromatic carbocycles. The highest BCUT2D eigenvalue weighted by molar-refractivity contribution is 7.22. The van der Waals surface area contributed by atoms with Gasteiger partial charge in [-0.2, -0.15) is 0 Å². The number of nitrogens with zero attached hydrogens (tertiary/aromatic N) is 2. The number of benzene rings is 2. The van der Waals surface area contributed by atoms with Crippen molar-refractivity contribution >= 4 is 44.0 Å². The van der Waals surface area contributed by atoms with Gasteiger partial charge in [0, 0.05) is 17.7 Å². The molecule has 1 amide bonds. The summed E-state index contributed by atoms with van der Waals surface area (Å²) < 4.78 is 1.03. The average molecular weight is 382 g/mol. The van der Waals surface area contributed by atoms with Gasteiger partial charge >= 0.3 is 0 Å². The van der Waals surface area contributed by atoms with Gasteiger partial charge in [0.15, 0.2) is 5.13 Å². The van der Waals surface area contributed by atoms with Gasteiger partial charge in [-0.1, -0.05) is 23.5 Å². The van der Waals surface area contributed by atoms with Crippen molar-refractivity contribution < 1.29 is 9.72 Å². The van der Waals surface area contributed by atoms with Crippen LogP contribution in [0.3, 0.4) is 0 Å². The van der Waals surface area contributed by atoms with E-state index in [1.807, 2.05) is 26.0 Å². The van der Waals surface area contributed by atoms with E-state index in [4.69, 9.17) is 0 Å². The number of rotatable bonds is 5. The number of nitrogens with one attached hydrogen (secondary N) is 2. The van der Waals surface area contributed by atoms with Crippen molar-refractivity contribution in [2.75, 3.05) is 10.6 Å². The molecule has 0 radical (unpaired) electrons. The summed E-state index contributed by atoms with van der Waals surface area (Å²) in [7, 11) is 0. The lowest BCUT2D eigenvalue weighted by atomic mass is 10.1. The minimum atomic E-state index is -0.466. The molecule has 0 saturated heterocycles. The fourth-order valence-electron chi connectivity index (χ4n) is 2.88. The molecular weight excluding hydrogens is 364 g/mol. The summed E-state index contributed by atoms with van der Waals surface area (Å²) in [6.45, 7) is 3.97. The Morgan fingerprint density at radius 2 is 1.96 bits per heavy atom. The molecule has 0 atom stereocenters. The monoisotopic (exact) mass is 382 g/mol. The second-order valence-electron chi connectivity index (χ2n) is 6.76. The lowest BCUT2D eigenvalue weighted by Crippen LogP contribution is -2.13. The highest BCUT2D eigenvalue weighted by Gasteiger charge is 2.25. The number of aryl methyl sites for hydroxylation is 2. The number of hydrogen-bond donors (Lipinski definition) is 2. The Kier molecular flexibility index (Phi) is 4.27. The van der Waals surface area contributed by atoms with E-state index in [0.717, 1.165) is 34.2 Å². The summed E-state index contributed by atoms with van der Waals surface area (Å²) in [4.78, 5) is 28.0. The van der Waals surface area contributed by atoms with E-state index in [0.29, 0.717) is 10.8 Å². The molecule has 1 saturated carbocycles. The Hall–Kier alpha value is -3.00. The van der Waals surface area contributed by atoms with Gasteiger partial charge in [0.25, 0.3) is 11.6 Å². The Morgan fingerprint density at radius 1 is 1.22 bits per heavy atom. The first-order valence-electron chi connectivity index (χ1n) is 8.65. The average Bonchev–Trinajstić information content (AvgIpc) is 3.34. The third-order valence-corrected chi connectivity index (χ3v) is 5.66. The third kappa shape index (κ3) is 3.48. The molecule has 1 aliphatic rings. The number of nitro benzene ring substituents is 1. The van der Waals surface area contributed by atoms with Gasteiger partial charge < -0.3 is 5.32 Å². The lowest BCUT2D eigenvalue weighted by Gasteiger charge is -2.07. The number of carbonyl (C=O) groups excluding carboxylic acids is 1. The van der Waals surface area contributed by atoms with E-state index in [2.05, 4.69) is 15.6 Å². The molecule has 8 heteroatoms. The van der Waals surface area contributed by atoms with E-state index < -0.39 is 10.8 Å². The number of nitro groups is 1. The number of hydrogen-bond acceptors (Lipinski definition) is 6. The predicted molar refractivity (Wildman–Crippen MR) is 107 cm³/mol. The van der Waals surface area contributed by atoms with Gasteiger partial charge in [-0.3, -0.25) is 20.2 Å². The molecule has 0 spiro atoms. The Labute approximate surface area is 159 Å². The maximum atomic E-state index is 12.6. The fraction of sp³-hybridized carbons (Fsp3) is 0.263. The Morgan fingerprint density at radius 3 is 2.63 bits per heavy atom. The first kappa shape index (κ1) is 17.4. The topological polar surface area (TPSA) is 97.2 Å². The van der Waals surface area contributed by atoms with Gasteiger partial charge in [-0.05, 0) is 49.9 Å². The highest BCUT2D eigenvalue weighted by Crippen LogP contribution is 2.33. The van der Waals surface area contributed by atoms with Crippen LogP contribution >= 0.6 is 11.3 Å². The number of thiazole rings is 1. The molecule has 138 valence electrons. The van der Waals surface area contributed by atoms with Crippen LogP contribution in [0.15, 0.2) is 30.3 Å². The molecule has 1 aromatic heterocycles. The molecule has 0 unspecified atom stereocenters. The van der Waals surface area contributed by atoms with Crippen molar-refractivity contribution in [3.63, 3.8) is 0 Å². The maximum Gasteiger partial charge on any atom is 0.293 e. The quantitative estimate of drug-likeness (QED) is 0.494. The van der Waals surface area contributed by atoms with E-state index >= 15 is 0 Å². The first-order valence-corrected chi connectivity index (χ1v) is 9.47. The first-order chi connectivity index (χ1) is 12.9. The third-order valence-electron chi connectivity index (χ3n) is 4.56. The molecule has 1 heterocycles. The minimum absolute atomic E-state index is 0.0921. The van der Waals surface area contributed by atoms with E-state index in [9.17, 15) is 14.9 Å². The zero-order valence-corrected chi connectivity index (χ0v) is 15.7. The molecule has 0 bridgehead atoms. The van der Waals surface area contributed by atoms with Crippen LogP contribution in [0.4, 0.5) is 16.5 Å². The summed E-state index contributed by atoms with van der Waals surface area (Å²) in [6, 6.07) is 8.81. The second kappa shape index (κ2) is 6.62. The van der Waals surface area contributed by atoms with Gasteiger partial charge in [0.05, 0.1) is 15.1 Å². The lowest BCUT2D eigenvalue weighted by molar-refractivity contribution is -0.384. The van der Waals surface area contributed by atoms with Gasteiger partial charge in [0.1, 0.15) is 5.69 Å². The fourth-order valence-corrected chi connectivity index (χ4v) is 3.88. The van der Waals surface area contributed by atoms with Crippen molar-refractivity contribution in [1.82, 2.24) is 4.98 Å². The minimum Gasteiger partial charge on any atom is -0.377 e. The normalized spacial score (nSPS) is 13.6. The van der Waals surface area contributed by atoms with Crippen molar-refractivity contribution in [3.05, 3.63) is 57.1 Å². The number of amides is 1. The van der Waals surface area contributed by atoms with Crippen LogP contribution in [-0.4, -0.2) is 21.9 Å². The zero-order chi connectivity index (χ0) is 19.1. The molecule has 3 aromatic rings. The van der Waals surface area contributed by atoms with Gasteiger partial charge in [-0.25, -0.2) is 4.98 Å². The van der Waals surface area contributed by atoms with E-state index in [1.165, 1.54) is 17.4 Å². The number of carbonyl (C=O) groups is 1. The van der Waals surface area contributed by atoms with Crippen LogP contribution < -0.4 is 10.6 Å². The maximum absolute atomic E-state index is 12.6. The summed E-state index contributed by atoms with van der Waals surface area (Å²) in [5.41, 5.74) is 3.59. The van der Waals surface area contributed by atoms with E-state index in [-0.39, 0.29) is 17.3 Å². The Balaban J connectivity index is 1.61. The molecule has 2 N–H and O–H groups in total. The molecule has 0 aliphatic heterocycles. The van der Waals surface area contributed by atoms with Crippen LogP contribution in [0.2, 0.25) is 0 Å². The van der Waals surface area contributed by atoms with Crippen molar-refractivity contribution in [2.24, 2.45) is 0 Å². The van der Waals surface area contributed by atoms with Crippen LogP contribution in [0, 0.1) is 24.0 Å². The zero-order valence-electron chi connectivity index (χ0n) is 14.9. The number of fused-ring (bicyclic) bond motifs is 1. The Bertz CT molecular complexity index is 1030. The molecule has 4 rings (SSSR count). The van der Waals surface area contributed by atoms with Gasteiger partial charge in [0.2, 0.25) is 0 Å². The molecule has 1 fully saturated rings. The SMILES string of the molecule is Cc1ccc(C)c2sc(NC(=O)c3ccc(NC4CC4)c([N+](=O)[O-])c3)nc12. The summed E-state index contributed by atoms with van der Waals surface area (Å²) in [5, 5.41) is 17.7. The van der Waals surface area contributed by atoms with Crippen LogP contribution in [-0.2, 0) is 0 Å². The van der Waals surface area contributed by atoms with E-state index in [1.54, 1.807) is 12.1 Å². The van der Waals surface area contributed by atoms with Crippen molar-refractivity contribution in [2.45, 2.75) is 32.7 Å².